The zero-order chi connectivity index (χ0) is 23.7. The number of carbonyl (C=O) groups is 2. The van der Waals surface area contributed by atoms with Crippen LogP contribution >= 0.6 is 11.6 Å². The molecule has 6 nitrogen and oxygen atoms in total. The lowest BCUT2D eigenvalue weighted by Gasteiger charge is -2.25. The molecule has 7 heteroatoms. The summed E-state index contributed by atoms with van der Waals surface area (Å²) in [7, 11) is 0. The van der Waals surface area contributed by atoms with Crippen LogP contribution in [0.25, 0.3) is 5.76 Å². The molecule has 0 aromatic heterocycles. The summed E-state index contributed by atoms with van der Waals surface area (Å²) < 4.78 is 11.2. The first-order chi connectivity index (χ1) is 16.5. The highest BCUT2D eigenvalue weighted by Gasteiger charge is 2.45. The van der Waals surface area contributed by atoms with Gasteiger partial charge in [-0.2, -0.15) is 0 Å². The second-order valence-electron chi connectivity index (χ2n) is 8.14. The minimum absolute atomic E-state index is 0.0389. The number of hydrogen-bond acceptors (Lipinski definition) is 5. The number of hydrogen-bond donors (Lipinski definition) is 1. The number of amides is 1. The van der Waals surface area contributed by atoms with E-state index in [1.54, 1.807) is 42.5 Å². The van der Waals surface area contributed by atoms with Gasteiger partial charge in [0.2, 0.25) is 0 Å². The molecule has 2 aliphatic rings. The van der Waals surface area contributed by atoms with Crippen LogP contribution in [0, 0.1) is 0 Å². The van der Waals surface area contributed by atoms with Crippen LogP contribution in [-0.2, 0) is 16.0 Å². The Labute approximate surface area is 202 Å². The maximum absolute atomic E-state index is 13.2. The van der Waals surface area contributed by atoms with E-state index in [4.69, 9.17) is 21.1 Å². The van der Waals surface area contributed by atoms with Crippen LogP contribution in [0.5, 0.6) is 11.5 Å². The van der Waals surface area contributed by atoms with Crippen LogP contribution in [0.3, 0.4) is 0 Å². The van der Waals surface area contributed by atoms with Crippen molar-refractivity contribution >= 4 is 29.1 Å². The quantitative estimate of drug-likeness (QED) is 0.326. The smallest absolute Gasteiger partial charge is 0.295 e. The third-order valence-corrected chi connectivity index (χ3v) is 6.28. The molecule has 1 amide bonds. The van der Waals surface area contributed by atoms with E-state index in [9.17, 15) is 14.7 Å². The lowest BCUT2D eigenvalue weighted by atomic mass is 9.95. The van der Waals surface area contributed by atoms with Gasteiger partial charge in [-0.1, -0.05) is 54.1 Å². The van der Waals surface area contributed by atoms with Crippen molar-refractivity contribution in [3.63, 3.8) is 0 Å². The Balaban J connectivity index is 1.57. The van der Waals surface area contributed by atoms with Gasteiger partial charge in [0, 0.05) is 17.1 Å². The van der Waals surface area contributed by atoms with E-state index >= 15 is 0 Å². The van der Waals surface area contributed by atoms with Crippen LogP contribution in [0.2, 0.25) is 5.02 Å². The Morgan fingerprint density at radius 3 is 2.38 bits per heavy atom. The summed E-state index contributed by atoms with van der Waals surface area (Å²) in [5.74, 6) is -0.565. The second-order valence-corrected chi connectivity index (χ2v) is 8.57. The second kappa shape index (κ2) is 9.23. The van der Waals surface area contributed by atoms with Crippen LogP contribution in [-0.4, -0.2) is 41.5 Å². The van der Waals surface area contributed by atoms with Crippen LogP contribution in [0.15, 0.2) is 78.4 Å². The number of fused-ring (bicyclic) bond motifs is 1. The molecule has 3 aromatic rings. The monoisotopic (exact) mass is 475 g/mol. The highest BCUT2D eigenvalue weighted by Crippen LogP contribution is 2.41. The van der Waals surface area contributed by atoms with Crippen LogP contribution in [0.4, 0.5) is 0 Å². The maximum atomic E-state index is 13.2. The highest BCUT2D eigenvalue weighted by atomic mass is 35.5. The summed E-state index contributed by atoms with van der Waals surface area (Å²) in [6.45, 7) is 1.16. The topological polar surface area (TPSA) is 76.1 Å². The average Bonchev–Trinajstić information content (AvgIpc) is 3.12. The molecular formula is C27H22ClNO5. The Kier molecular flexibility index (Phi) is 5.99. The Morgan fingerprint density at radius 2 is 1.65 bits per heavy atom. The van der Waals surface area contributed by atoms with E-state index < -0.39 is 17.7 Å². The summed E-state index contributed by atoms with van der Waals surface area (Å²) in [4.78, 5) is 27.8. The van der Waals surface area contributed by atoms with Crippen molar-refractivity contribution in [3.8, 4) is 11.5 Å². The van der Waals surface area contributed by atoms with Gasteiger partial charge in [0.15, 0.2) is 11.5 Å². The summed E-state index contributed by atoms with van der Waals surface area (Å²) in [6, 6.07) is 20.9. The van der Waals surface area contributed by atoms with Crippen molar-refractivity contribution in [2.24, 2.45) is 0 Å². The van der Waals surface area contributed by atoms with Gasteiger partial charge in [-0.3, -0.25) is 9.59 Å². The van der Waals surface area contributed by atoms with Crippen LogP contribution < -0.4 is 9.47 Å². The normalized spacial score (nSPS) is 18.9. The van der Waals surface area contributed by atoms with Crippen LogP contribution in [0.1, 0.15) is 22.7 Å². The lowest BCUT2D eigenvalue weighted by molar-refractivity contribution is -0.139. The molecule has 1 N–H and O–H groups in total. The number of carbonyl (C=O) groups excluding carboxylic acids is 2. The van der Waals surface area contributed by atoms with E-state index in [2.05, 4.69) is 0 Å². The SMILES string of the molecule is O=C1C(=O)N(CCc2ccccc2)C(c2ccc(Cl)cc2)/C1=C(\O)c1ccc2c(c1)OCCO2. The maximum Gasteiger partial charge on any atom is 0.295 e. The van der Waals surface area contributed by atoms with Gasteiger partial charge in [-0.05, 0) is 47.9 Å². The molecule has 2 aliphatic heterocycles. The minimum Gasteiger partial charge on any atom is -0.507 e. The molecule has 1 unspecified atom stereocenters. The van der Waals surface area contributed by atoms with Gasteiger partial charge >= 0.3 is 0 Å². The fourth-order valence-corrected chi connectivity index (χ4v) is 4.47. The van der Waals surface area contributed by atoms with Gasteiger partial charge in [0.25, 0.3) is 11.7 Å². The number of ether oxygens (including phenoxy) is 2. The third-order valence-electron chi connectivity index (χ3n) is 6.03. The third kappa shape index (κ3) is 4.13. The number of aliphatic hydroxyl groups is 1. The predicted octanol–water partition coefficient (Wildman–Crippen LogP) is 4.78. The van der Waals surface area contributed by atoms with Gasteiger partial charge < -0.3 is 19.5 Å². The summed E-state index contributed by atoms with van der Waals surface area (Å²) in [6.07, 6.45) is 0.571. The molecule has 3 aromatic carbocycles. The molecule has 0 aliphatic carbocycles. The molecule has 1 atom stereocenters. The zero-order valence-corrected chi connectivity index (χ0v) is 19.0. The summed E-state index contributed by atoms with van der Waals surface area (Å²) in [5, 5.41) is 11.8. The zero-order valence-electron chi connectivity index (χ0n) is 18.2. The summed E-state index contributed by atoms with van der Waals surface area (Å²) in [5.41, 5.74) is 2.16. The first kappa shape index (κ1) is 22.0. The number of rotatable bonds is 5. The van der Waals surface area contributed by atoms with Crippen molar-refractivity contribution < 1.29 is 24.2 Å². The Hall–Kier alpha value is -3.77. The van der Waals surface area contributed by atoms with E-state index in [0.717, 1.165) is 5.56 Å². The van der Waals surface area contributed by atoms with Gasteiger partial charge in [-0.25, -0.2) is 0 Å². The molecule has 172 valence electrons. The van der Waals surface area contributed by atoms with Gasteiger partial charge in [0.1, 0.15) is 19.0 Å². The van der Waals surface area contributed by atoms with E-state index in [-0.39, 0.29) is 11.3 Å². The summed E-state index contributed by atoms with van der Waals surface area (Å²) >= 11 is 6.08. The molecule has 2 heterocycles. The predicted molar refractivity (Wildman–Crippen MR) is 128 cm³/mol. The molecule has 0 bridgehead atoms. The van der Waals surface area contributed by atoms with E-state index in [0.29, 0.717) is 53.8 Å². The van der Waals surface area contributed by atoms with Gasteiger partial charge in [0.05, 0.1) is 11.6 Å². The van der Waals surface area contributed by atoms with E-state index in [1.807, 2.05) is 30.3 Å². The number of nitrogens with zero attached hydrogens (tertiary/aromatic N) is 1. The molecule has 5 rings (SSSR count). The van der Waals surface area contributed by atoms with Crippen molar-refractivity contribution in [1.29, 1.82) is 0 Å². The molecule has 1 saturated heterocycles. The fraction of sp³-hybridized carbons (Fsp3) is 0.185. The first-order valence-corrected chi connectivity index (χ1v) is 11.4. The van der Waals surface area contributed by atoms with Gasteiger partial charge in [-0.15, -0.1) is 0 Å². The van der Waals surface area contributed by atoms with Crippen molar-refractivity contribution in [3.05, 3.63) is 100 Å². The molecule has 0 spiro atoms. The van der Waals surface area contributed by atoms with Crippen molar-refractivity contribution in [1.82, 2.24) is 4.90 Å². The lowest BCUT2D eigenvalue weighted by Crippen LogP contribution is -2.31. The molecule has 0 saturated carbocycles. The van der Waals surface area contributed by atoms with Crippen molar-refractivity contribution in [2.45, 2.75) is 12.5 Å². The Bertz CT molecular complexity index is 1270. The molecule has 0 radical (unpaired) electrons. The minimum atomic E-state index is -0.742. The fourth-order valence-electron chi connectivity index (χ4n) is 4.34. The number of likely N-dealkylation sites (tertiary alicyclic amines) is 1. The largest absolute Gasteiger partial charge is 0.507 e. The standard InChI is InChI=1S/C27H22ClNO5/c28-20-9-6-18(7-10-20)24-23(25(30)19-8-11-21-22(16-19)34-15-14-33-21)26(31)27(32)29(24)13-12-17-4-2-1-3-5-17/h1-11,16,24,30H,12-15H2/b25-23+. The number of ketones is 1. The number of aliphatic hydroxyl groups excluding tert-OH is 1. The molecular weight excluding hydrogens is 454 g/mol. The van der Waals surface area contributed by atoms with E-state index in [1.165, 1.54) is 4.90 Å². The number of Topliss-reactive ketones (excluding diaryl/α,β-unsaturated/α-hetero) is 1. The molecule has 34 heavy (non-hydrogen) atoms. The number of halogens is 1. The first-order valence-electron chi connectivity index (χ1n) is 11.0. The average molecular weight is 476 g/mol. The Morgan fingerprint density at radius 1 is 0.941 bits per heavy atom. The van der Waals surface area contributed by atoms with Crippen molar-refractivity contribution in [2.75, 3.05) is 19.8 Å². The number of benzene rings is 3. The highest BCUT2D eigenvalue weighted by molar-refractivity contribution is 6.46. The molecule has 1 fully saturated rings.